The van der Waals surface area contributed by atoms with Crippen molar-refractivity contribution in [1.29, 1.82) is 0 Å². The average Bonchev–Trinajstić information content (AvgIpc) is 1.54. The van der Waals surface area contributed by atoms with Crippen molar-refractivity contribution in [2.24, 2.45) is 0 Å². The van der Waals surface area contributed by atoms with Crippen LogP contribution in [0.5, 0.6) is 0 Å². The molecule has 0 saturated carbocycles. The van der Waals surface area contributed by atoms with Gasteiger partial charge in [-0.15, -0.1) is 0 Å². The fraction of sp³-hybridized carbons (Fsp3) is 0. The third kappa shape index (κ3) is 602. The minimum atomic E-state index is -3.63. The molecule has 0 atom stereocenters. The molecule has 0 aromatic carbocycles. The molecule has 15 heteroatoms. The van der Waals surface area contributed by atoms with Gasteiger partial charge >= 0.3 is 106 Å². The monoisotopic (exact) mass is 332 g/mol. The van der Waals surface area contributed by atoms with E-state index in [0.717, 1.165) is 0 Å². The number of hydrogen-bond acceptors (Lipinski definition) is 9. The summed E-state index contributed by atoms with van der Waals surface area (Å²) >= 11 is 0. The zero-order valence-electron chi connectivity index (χ0n) is 8.59. The Morgan fingerprint density at radius 3 is 0.600 bits per heavy atom. The predicted octanol–water partition coefficient (Wildman–Crippen LogP) is -12.3. The minimum absolute atomic E-state index is 0. The fourth-order valence-electron chi connectivity index (χ4n) is 0. The summed E-state index contributed by atoms with van der Waals surface area (Å²) in [5.74, 6) is 0. The van der Waals surface area contributed by atoms with Crippen molar-refractivity contribution in [3.63, 3.8) is 0 Å². The normalized spacial score (nSPS) is 4.80. The molecule has 0 N–H and O–H groups in total. The smallest absolute Gasteiger partial charge is 0.672 e. The summed E-state index contributed by atoms with van der Waals surface area (Å²) in [6.45, 7) is 0. The molecule has 0 spiro atoms. The van der Waals surface area contributed by atoms with Crippen LogP contribution in [0.1, 0.15) is 1.43 Å². The van der Waals surface area contributed by atoms with Gasteiger partial charge in [0.1, 0.15) is 0 Å². The first-order valence-electron chi connectivity index (χ1n) is 1.84. The SMILES string of the molecule is O=[Si]([O-])[O-].O=[Si]([O-])[O-].O=[Si]([O-])[O-].[Ca+2].[Ca+2].[H+].[Na+]. The third-order valence-electron chi connectivity index (χ3n) is 0. The van der Waals surface area contributed by atoms with Gasteiger partial charge in [-0.05, 0) is 0 Å². The van der Waals surface area contributed by atoms with Gasteiger partial charge in [0.2, 0.25) is 0 Å². The molecule has 0 heterocycles. The molecule has 0 bridgehead atoms. The van der Waals surface area contributed by atoms with Crippen LogP contribution in [-0.2, 0) is 13.4 Å². The molecule has 15 heavy (non-hydrogen) atoms. The molecule has 0 aliphatic heterocycles. The Labute approximate surface area is 173 Å². The van der Waals surface area contributed by atoms with Gasteiger partial charge in [-0.3, -0.25) is 0 Å². The molecule has 0 saturated heterocycles. The van der Waals surface area contributed by atoms with E-state index in [4.69, 9.17) is 42.2 Å². The minimum Gasteiger partial charge on any atom is -0.672 e. The molecular formula is HCa2NaO9Si3. The van der Waals surface area contributed by atoms with Crippen molar-refractivity contribution in [2.45, 2.75) is 0 Å². The molecule has 0 rings (SSSR count). The van der Waals surface area contributed by atoms with Crippen molar-refractivity contribution in [3.8, 4) is 0 Å². The van der Waals surface area contributed by atoms with E-state index >= 15 is 0 Å². The van der Waals surface area contributed by atoms with Crippen molar-refractivity contribution in [3.05, 3.63) is 0 Å². The summed E-state index contributed by atoms with van der Waals surface area (Å²) < 4.78 is 25.6. The van der Waals surface area contributed by atoms with Gasteiger partial charge < -0.3 is 42.2 Å². The Bertz CT molecular complexity index is 126. The van der Waals surface area contributed by atoms with Crippen LogP contribution >= 0.6 is 0 Å². The third-order valence-corrected chi connectivity index (χ3v) is 0. The second-order valence-corrected chi connectivity index (χ2v) is 2.25. The van der Waals surface area contributed by atoms with E-state index in [1.807, 2.05) is 0 Å². The van der Waals surface area contributed by atoms with Gasteiger partial charge in [0.15, 0.2) is 0 Å². The Kier molecular flexibility index (Phi) is 71.8. The number of hydrogen-bond donors (Lipinski definition) is 0. The first-order valence-corrected chi connectivity index (χ1v) is 5.51. The van der Waals surface area contributed by atoms with Crippen LogP contribution in [0, 0.1) is 0 Å². The summed E-state index contributed by atoms with van der Waals surface area (Å²) in [5, 5.41) is 0. The Hall–Kier alpha value is 2.37. The summed E-state index contributed by atoms with van der Waals surface area (Å²) in [6.07, 6.45) is 0. The predicted molar refractivity (Wildman–Crippen MR) is 31.9 cm³/mol. The van der Waals surface area contributed by atoms with Crippen LogP contribution in [0.25, 0.3) is 0 Å². The maximum Gasteiger partial charge on any atom is 2.00 e. The molecule has 0 aromatic rings. The molecule has 9 nitrogen and oxygen atoms in total. The maximum atomic E-state index is 8.52. The molecule has 0 aliphatic rings. The van der Waals surface area contributed by atoms with Gasteiger partial charge in [0, 0.05) is 27.5 Å². The number of rotatable bonds is 0. The van der Waals surface area contributed by atoms with E-state index < -0.39 is 27.5 Å². The second-order valence-electron chi connectivity index (χ2n) is 0.750. The van der Waals surface area contributed by atoms with Crippen molar-refractivity contribution in [2.75, 3.05) is 0 Å². The molecule has 0 amide bonds. The largest absolute Gasteiger partial charge is 2.00 e. The summed E-state index contributed by atoms with van der Waals surface area (Å²) in [6, 6.07) is 0. The molecule has 72 valence electrons. The summed E-state index contributed by atoms with van der Waals surface area (Å²) in [7, 11) is -10.9. The van der Waals surface area contributed by atoms with Crippen LogP contribution < -0.4 is 58.3 Å². The van der Waals surface area contributed by atoms with Crippen molar-refractivity contribution in [1.82, 2.24) is 0 Å². The Morgan fingerprint density at radius 2 is 0.600 bits per heavy atom. The first kappa shape index (κ1) is 36.0. The van der Waals surface area contributed by atoms with E-state index in [9.17, 15) is 0 Å². The zero-order valence-corrected chi connectivity index (χ0v) is 17.0. The Balaban J connectivity index is -0.0000000135. The molecular weight excluding hydrogens is 331 g/mol. The van der Waals surface area contributed by atoms with Gasteiger partial charge in [0.25, 0.3) is 0 Å². The molecule has 0 aromatic heterocycles. The topological polar surface area (TPSA) is 190 Å². The molecule has 0 unspecified atom stereocenters. The van der Waals surface area contributed by atoms with Crippen molar-refractivity contribution < 1.29 is 73.1 Å². The fourth-order valence-corrected chi connectivity index (χ4v) is 0. The van der Waals surface area contributed by atoms with Gasteiger partial charge in [-0.25, -0.2) is 0 Å². The van der Waals surface area contributed by atoms with E-state index in [1.54, 1.807) is 0 Å². The van der Waals surface area contributed by atoms with E-state index in [1.165, 1.54) is 0 Å². The first-order chi connectivity index (χ1) is 5.20. The standard InChI is InChI=1S/2Ca.Na.3O3Si/c;;;3*1-4(2)3/q2*+2;+1;3*-2/p+1. The van der Waals surface area contributed by atoms with Crippen LogP contribution in [0.3, 0.4) is 0 Å². The summed E-state index contributed by atoms with van der Waals surface area (Å²) in [4.78, 5) is 51.1. The van der Waals surface area contributed by atoms with E-state index in [-0.39, 0.29) is 106 Å². The second kappa shape index (κ2) is 29.9. The summed E-state index contributed by atoms with van der Waals surface area (Å²) in [5.41, 5.74) is 0. The molecule has 0 radical (unpaired) electrons. The van der Waals surface area contributed by atoms with Crippen molar-refractivity contribution >= 4 is 103 Å². The van der Waals surface area contributed by atoms with Crippen LogP contribution in [-0.4, -0.2) is 103 Å². The van der Waals surface area contributed by atoms with Crippen LogP contribution in [0.2, 0.25) is 0 Å². The van der Waals surface area contributed by atoms with Crippen LogP contribution in [0.4, 0.5) is 0 Å². The quantitative estimate of drug-likeness (QED) is 0.387. The molecule has 0 aliphatic carbocycles. The van der Waals surface area contributed by atoms with Gasteiger partial charge in [-0.2, -0.15) is 0 Å². The van der Waals surface area contributed by atoms with Gasteiger partial charge in [0.05, 0.1) is 0 Å². The maximum absolute atomic E-state index is 8.52. The molecule has 0 fully saturated rings. The zero-order chi connectivity index (χ0) is 10.7. The van der Waals surface area contributed by atoms with Crippen LogP contribution in [0.15, 0.2) is 0 Å². The average molecular weight is 332 g/mol. The Morgan fingerprint density at radius 1 is 0.600 bits per heavy atom. The van der Waals surface area contributed by atoms with E-state index in [0.29, 0.717) is 0 Å². The van der Waals surface area contributed by atoms with E-state index in [2.05, 4.69) is 0 Å². The van der Waals surface area contributed by atoms with Gasteiger partial charge in [-0.1, -0.05) is 0 Å².